The number of benzene rings is 1. The molecule has 3 rings (SSSR count). The molecule has 26 heavy (non-hydrogen) atoms. The molecule has 0 spiro atoms. The highest BCUT2D eigenvalue weighted by Gasteiger charge is 2.19. The Kier molecular flexibility index (Phi) is 5.17. The van der Waals surface area contributed by atoms with Gasteiger partial charge in [-0.3, -0.25) is 9.20 Å². The maximum Gasteiger partial charge on any atom is 0.287 e. The molecule has 7 nitrogen and oxygen atoms in total. The fraction of sp³-hybridized carbons (Fsp3) is 0.222. The molecule has 0 aliphatic rings. The second kappa shape index (κ2) is 7.36. The summed E-state index contributed by atoms with van der Waals surface area (Å²) < 4.78 is 29.9. The first-order valence-corrected chi connectivity index (χ1v) is 9.85. The monoisotopic (exact) mass is 373 g/mol. The quantitative estimate of drug-likeness (QED) is 0.527. The van der Waals surface area contributed by atoms with Gasteiger partial charge in [0.15, 0.2) is 4.90 Å². The third-order valence-corrected chi connectivity index (χ3v) is 5.03. The topological polar surface area (TPSA) is 95.8 Å². The lowest BCUT2D eigenvalue weighted by atomic mass is 10.1. The van der Waals surface area contributed by atoms with Crippen LogP contribution in [0.4, 0.5) is 0 Å². The van der Waals surface area contributed by atoms with Crippen LogP contribution in [0, 0.1) is 0 Å². The van der Waals surface area contributed by atoms with Crippen molar-refractivity contribution in [2.75, 3.05) is 26.5 Å². The zero-order chi connectivity index (χ0) is 18.7. The van der Waals surface area contributed by atoms with Crippen molar-refractivity contribution in [2.24, 2.45) is 0 Å². The number of carbonyl (C=O) groups is 1. The van der Waals surface area contributed by atoms with Crippen molar-refractivity contribution in [1.29, 1.82) is 0 Å². The summed E-state index contributed by atoms with van der Waals surface area (Å²) in [6.07, 6.45) is 2.93. The molecule has 0 aliphatic heterocycles. The molecule has 2 heterocycles. The molecule has 1 aromatic carbocycles. The average Bonchev–Trinajstić information content (AvgIpc) is 3.01. The van der Waals surface area contributed by atoms with Crippen molar-refractivity contribution < 1.29 is 18.3 Å². The minimum atomic E-state index is -3.27. The van der Waals surface area contributed by atoms with Gasteiger partial charge in [-0.1, -0.05) is 6.07 Å². The molecule has 1 amide bonds. The highest BCUT2D eigenvalue weighted by molar-refractivity contribution is 7.97. The molecule has 0 bridgehead atoms. The van der Waals surface area contributed by atoms with Gasteiger partial charge in [0, 0.05) is 25.4 Å². The molecule has 0 fully saturated rings. The fourth-order valence-corrected chi connectivity index (χ4v) is 3.25. The van der Waals surface area contributed by atoms with E-state index in [0.29, 0.717) is 18.8 Å². The molecule has 0 radical (unpaired) electrons. The van der Waals surface area contributed by atoms with Crippen molar-refractivity contribution in [2.45, 2.75) is 4.90 Å². The Balaban J connectivity index is 2.02. The number of nitrogens with one attached hydrogen (secondary N) is 1. The van der Waals surface area contributed by atoms with E-state index in [1.54, 1.807) is 29.8 Å². The number of amides is 1. The van der Waals surface area contributed by atoms with Crippen LogP contribution in [-0.4, -0.2) is 46.4 Å². The van der Waals surface area contributed by atoms with Crippen LogP contribution in [0.1, 0.15) is 10.6 Å². The van der Waals surface area contributed by atoms with Crippen molar-refractivity contribution in [3.63, 3.8) is 0 Å². The molecule has 0 aliphatic carbocycles. The third-order valence-electron chi connectivity index (χ3n) is 3.90. The van der Waals surface area contributed by atoms with Gasteiger partial charge in [-0.2, -0.15) is 0 Å². The van der Waals surface area contributed by atoms with E-state index in [9.17, 15) is 13.6 Å². The highest BCUT2D eigenvalue weighted by Crippen LogP contribution is 2.26. The Labute approximate surface area is 152 Å². The summed E-state index contributed by atoms with van der Waals surface area (Å²) in [4.78, 5) is 17.2. The van der Waals surface area contributed by atoms with Crippen molar-refractivity contribution in [1.82, 2.24) is 14.7 Å². The zero-order valence-electron chi connectivity index (χ0n) is 14.5. The van der Waals surface area contributed by atoms with Crippen LogP contribution in [0.3, 0.4) is 0 Å². The number of methoxy groups -OCH3 is 1. The smallest absolute Gasteiger partial charge is 0.287 e. The Bertz CT molecular complexity index is 976. The van der Waals surface area contributed by atoms with Crippen LogP contribution >= 0.6 is 0 Å². The van der Waals surface area contributed by atoms with Gasteiger partial charge in [0.2, 0.25) is 5.82 Å². The largest absolute Gasteiger partial charge is 0.610 e. The molecule has 3 aromatic rings. The van der Waals surface area contributed by atoms with Gasteiger partial charge < -0.3 is 14.6 Å². The SMILES string of the molecule is COCCNC(=O)c1nc(-c2ccc([S+](C)(=O)[O-])cc2)c2ccccn12. The molecular weight excluding hydrogens is 354 g/mol. The van der Waals surface area contributed by atoms with E-state index in [4.69, 9.17) is 4.74 Å². The standard InChI is InChI=1S/C18H19N3O4S/c1-25-12-10-19-18(22)17-20-16(15-5-3-4-11-21(15)17)13-6-8-14(9-7-13)26(2,23)24/h3-9,11H,10,12H2,1-2H3,(H-,19,22,23,24). The summed E-state index contributed by atoms with van der Waals surface area (Å²) in [5.41, 5.74) is 2.11. The van der Waals surface area contributed by atoms with Crippen molar-refractivity contribution in [3.05, 3.63) is 54.5 Å². The van der Waals surface area contributed by atoms with Gasteiger partial charge in [-0.05, 0) is 36.4 Å². The van der Waals surface area contributed by atoms with Gasteiger partial charge in [0.25, 0.3) is 5.91 Å². The zero-order valence-corrected chi connectivity index (χ0v) is 15.3. The minimum absolute atomic E-state index is 0.238. The normalized spacial score (nSPS) is 13.5. The number of rotatable bonds is 6. The number of hydrogen-bond acceptors (Lipinski definition) is 5. The number of pyridine rings is 1. The Morgan fingerprint density at radius 2 is 2.00 bits per heavy atom. The number of hydrogen-bond donors (Lipinski definition) is 1. The van der Waals surface area contributed by atoms with E-state index in [-0.39, 0.29) is 16.6 Å². The first-order chi connectivity index (χ1) is 12.4. The molecule has 0 saturated heterocycles. The van der Waals surface area contributed by atoms with Gasteiger partial charge in [-0.25, -0.2) is 4.98 Å². The molecule has 1 N–H and O–H groups in total. The lowest BCUT2D eigenvalue weighted by Gasteiger charge is -2.08. The Morgan fingerprint density at radius 3 is 2.65 bits per heavy atom. The molecule has 8 heteroatoms. The first kappa shape index (κ1) is 18.2. The number of sulfone groups is 1. The summed E-state index contributed by atoms with van der Waals surface area (Å²) in [5, 5.41) is 2.76. The van der Waals surface area contributed by atoms with E-state index in [0.717, 1.165) is 17.3 Å². The molecule has 2 aromatic heterocycles. The van der Waals surface area contributed by atoms with Gasteiger partial charge in [-0.15, -0.1) is 4.21 Å². The predicted molar refractivity (Wildman–Crippen MR) is 97.9 cm³/mol. The van der Waals surface area contributed by atoms with Gasteiger partial charge in [0.1, 0.15) is 6.26 Å². The van der Waals surface area contributed by atoms with Crippen molar-refractivity contribution >= 4 is 21.6 Å². The molecule has 136 valence electrons. The Morgan fingerprint density at radius 1 is 1.27 bits per heavy atom. The highest BCUT2D eigenvalue weighted by atomic mass is 32.3. The fourth-order valence-electron chi connectivity index (χ4n) is 2.62. The number of aromatic nitrogens is 2. The van der Waals surface area contributed by atoms with Crippen LogP contribution in [0.5, 0.6) is 0 Å². The van der Waals surface area contributed by atoms with Crippen molar-refractivity contribution in [3.8, 4) is 11.3 Å². The Hall–Kier alpha value is -2.55. The summed E-state index contributed by atoms with van der Waals surface area (Å²) in [6.45, 7) is 0.796. The molecule has 0 saturated carbocycles. The number of imidazole rings is 1. The first-order valence-electron chi connectivity index (χ1n) is 7.96. The minimum Gasteiger partial charge on any atom is -0.610 e. The van der Waals surface area contributed by atoms with Crippen LogP contribution in [0.2, 0.25) is 0 Å². The lowest BCUT2D eigenvalue weighted by Crippen LogP contribution is -2.28. The summed E-state index contributed by atoms with van der Waals surface area (Å²) in [5.74, 6) is -0.0406. The average molecular weight is 373 g/mol. The third kappa shape index (κ3) is 3.67. The summed E-state index contributed by atoms with van der Waals surface area (Å²) >= 11 is 0. The van der Waals surface area contributed by atoms with Gasteiger partial charge in [0.05, 0.1) is 28.0 Å². The number of carbonyl (C=O) groups excluding carboxylic acids is 1. The number of nitrogens with zero attached hydrogens (tertiary/aromatic N) is 2. The molecular formula is C18H19N3O4S. The van der Waals surface area contributed by atoms with Crippen LogP contribution < -0.4 is 5.32 Å². The lowest BCUT2D eigenvalue weighted by molar-refractivity contribution is 0.0926. The number of ether oxygens (including phenoxy) is 1. The van der Waals surface area contributed by atoms with Gasteiger partial charge >= 0.3 is 0 Å². The number of fused-ring (bicyclic) bond motifs is 1. The summed E-state index contributed by atoms with van der Waals surface area (Å²) in [7, 11) is -1.70. The van der Waals surface area contributed by atoms with Crippen LogP contribution in [0.15, 0.2) is 53.6 Å². The van der Waals surface area contributed by atoms with E-state index in [1.807, 2.05) is 18.2 Å². The second-order valence-electron chi connectivity index (χ2n) is 5.79. The van der Waals surface area contributed by atoms with Crippen LogP contribution in [0.25, 0.3) is 16.8 Å². The molecule has 1 atom stereocenters. The van der Waals surface area contributed by atoms with E-state index in [1.165, 1.54) is 12.1 Å². The maximum absolute atomic E-state index is 12.4. The van der Waals surface area contributed by atoms with E-state index in [2.05, 4.69) is 10.3 Å². The molecule has 1 unspecified atom stereocenters. The second-order valence-corrected chi connectivity index (χ2v) is 7.80. The maximum atomic E-state index is 12.4. The predicted octanol–water partition coefficient (Wildman–Crippen LogP) is 2.00. The van der Waals surface area contributed by atoms with Crippen LogP contribution in [-0.2, 0) is 19.2 Å². The summed E-state index contributed by atoms with van der Waals surface area (Å²) in [6, 6.07) is 12.0. The van der Waals surface area contributed by atoms with E-state index >= 15 is 0 Å². The van der Waals surface area contributed by atoms with E-state index < -0.39 is 10.2 Å².